The number of halogens is 1. The molecule has 1 aliphatic heterocycles. The summed E-state index contributed by atoms with van der Waals surface area (Å²) >= 11 is 6.07. The Morgan fingerprint density at radius 2 is 2.06 bits per heavy atom. The van der Waals surface area contributed by atoms with Gasteiger partial charge >= 0.3 is 11.9 Å². The number of anilines is 1. The SMILES string of the molecule is CC(=O)OCCn1c(Cl)cnc(NCCC2CCCCN2CC(=O)OC(C)(C)C)c1=O. The first-order valence-corrected chi connectivity index (χ1v) is 11.0. The third-order valence-corrected chi connectivity index (χ3v) is 5.20. The van der Waals surface area contributed by atoms with Crippen LogP contribution in [-0.4, -0.2) is 64.3 Å². The van der Waals surface area contributed by atoms with Crippen molar-refractivity contribution in [3.05, 3.63) is 21.7 Å². The standard InChI is InChI=1S/C21H33ClN4O5/c1-15(27)30-12-11-26-17(22)13-24-19(20(26)29)23-9-8-16-7-5-6-10-25(16)14-18(28)31-21(2,3)4/h13,16H,5-12,14H2,1-4H3,(H,23,24). The Morgan fingerprint density at radius 1 is 1.32 bits per heavy atom. The fourth-order valence-corrected chi connectivity index (χ4v) is 3.78. The van der Waals surface area contributed by atoms with E-state index in [2.05, 4.69) is 15.2 Å². The largest absolute Gasteiger partial charge is 0.464 e. The van der Waals surface area contributed by atoms with Crippen LogP contribution in [0.1, 0.15) is 53.4 Å². The Kier molecular flexibility index (Phi) is 9.31. The molecule has 0 spiro atoms. The van der Waals surface area contributed by atoms with Crippen molar-refractivity contribution in [1.82, 2.24) is 14.5 Å². The lowest BCUT2D eigenvalue weighted by Crippen LogP contribution is -2.45. The van der Waals surface area contributed by atoms with Crippen molar-refractivity contribution in [3.63, 3.8) is 0 Å². The Balaban J connectivity index is 1.92. The average molecular weight is 457 g/mol. The number of ether oxygens (including phenoxy) is 2. The van der Waals surface area contributed by atoms with Gasteiger partial charge in [-0.05, 0) is 46.6 Å². The van der Waals surface area contributed by atoms with E-state index in [4.69, 9.17) is 21.1 Å². The van der Waals surface area contributed by atoms with Crippen molar-refractivity contribution in [2.45, 2.75) is 71.6 Å². The molecule has 2 rings (SSSR count). The molecule has 0 radical (unpaired) electrons. The van der Waals surface area contributed by atoms with Crippen molar-refractivity contribution >= 4 is 29.4 Å². The van der Waals surface area contributed by atoms with E-state index in [-0.39, 0.29) is 48.2 Å². The van der Waals surface area contributed by atoms with E-state index < -0.39 is 11.6 Å². The molecule has 1 saturated heterocycles. The summed E-state index contributed by atoms with van der Waals surface area (Å²) in [7, 11) is 0. The predicted molar refractivity (Wildman–Crippen MR) is 118 cm³/mol. The maximum absolute atomic E-state index is 12.6. The molecule has 2 heterocycles. The molecule has 0 aliphatic carbocycles. The smallest absolute Gasteiger partial charge is 0.320 e. The summed E-state index contributed by atoms with van der Waals surface area (Å²) in [5.74, 6) is -0.441. The van der Waals surface area contributed by atoms with Crippen LogP contribution in [0.25, 0.3) is 0 Å². The number of carbonyl (C=O) groups excluding carboxylic acids is 2. The lowest BCUT2D eigenvalue weighted by atomic mass is 9.99. The second kappa shape index (κ2) is 11.5. The van der Waals surface area contributed by atoms with Crippen molar-refractivity contribution < 1.29 is 19.1 Å². The van der Waals surface area contributed by atoms with Crippen molar-refractivity contribution in [3.8, 4) is 0 Å². The van der Waals surface area contributed by atoms with Crippen molar-refractivity contribution in [2.24, 2.45) is 0 Å². The van der Waals surface area contributed by atoms with Crippen LogP contribution in [-0.2, 0) is 25.6 Å². The van der Waals surface area contributed by atoms with Gasteiger partial charge in [0.2, 0.25) is 0 Å². The molecule has 1 N–H and O–H groups in total. The fraction of sp³-hybridized carbons (Fsp3) is 0.714. The quantitative estimate of drug-likeness (QED) is 0.565. The molecule has 9 nitrogen and oxygen atoms in total. The first-order valence-electron chi connectivity index (χ1n) is 10.7. The predicted octanol–water partition coefficient (Wildman–Crippen LogP) is 2.46. The van der Waals surface area contributed by atoms with Gasteiger partial charge in [-0.15, -0.1) is 0 Å². The molecule has 0 saturated carbocycles. The van der Waals surface area contributed by atoms with Crippen molar-refractivity contribution in [1.29, 1.82) is 0 Å². The number of nitrogens with zero attached hydrogens (tertiary/aromatic N) is 3. The van der Waals surface area contributed by atoms with Crippen LogP contribution in [0.5, 0.6) is 0 Å². The van der Waals surface area contributed by atoms with Crippen LogP contribution in [0.2, 0.25) is 5.15 Å². The minimum Gasteiger partial charge on any atom is -0.464 e. The van der Waals surface area contributed by atoms with Gasteiger partial charge in [0.05, 0.1) is 19.3 Å². The Bertz CT molecular complexity index is 821. The first-order chi connectivity index (χ1) is 14.6. The average Bonchev–Trinajstić information content (AvgIpc) is 2.65. The fourth-order valence-electron chi connectivity index (χ4n) is 3.57. The van der Waals surface area contributed by atoms with Gasteiger partial charge in [0.1, 0.15) is 17.4 Å². The lowest BCUT2D eigenvalue weighted by Gasteiger charge is -2.35. The number of likely N-dealkylation sites (tertiary alicyclic amines) is 1. The Morgan fingerprint density at radius 3 is 2.74 bits per heavy atom. The molecule has 1 atom stereocenters. The molecule has 31 heavy (non-hydrogen) atoms. The molecule has 1 aliphatic rings. The van der Waals surface area contributed by atoms with Crippen molar-refractivity contribution in [2.75, 3.05) is 31.6 Å². The molecule has 1 aromatic heterocycles. The number of piperidine rings is 1. The zero-order chi connectivity index (χ0) is 23.0. The van der Waals surface area contributed by atoms with E-state index in [1.165, 1.54) is 17.7 Å². The van der Waals surface area contributed by atoms with Gasteiger partial charge in [-0.1, -0.05) is 18.0 Å². The van der Waals surface area contributed by atoms with Crippen LogP contribution in [0.4, 0.5) is 5.82 Å². The zero-order valence-electron chi connectivity index (χ0n) is 18.8. The number of rotatable bonds is 9. The number of carbonyl (C=O) groups is 2. The van der Waals surface area contributed by atoms with Gasteiger partial charge in [0, 0.05) is 19.5 Å². The summed E-state index contributed by atoms with van der Waals surface area (Å²) < 4.78 is 11.7. The summed E-state index contributed by atoms with van der Waals surface area (Å²) in [6.45, 7) is 8.75. The van der Waals surface area contributed by atoms with E-state index >= 15 is 0 Å². The molecule has 0 aromatic carbocycles. The highest BCUT2D eigenvalue weighted by atomic mass is 35.5. The highest BCUT2D eigenvalue weighted by molar-refractivity contribution is 6.29. The molecule has 0 amide bonds. The van der Waals surface area contributed by atoms with Gasteiger partial charge in [-0.2, -0.15) is 0 Å². The monoisotopic (exact) mass is 456 g/mol. The maximum Gasteiger partial charge on any atom is 0.320 e. The normalized spacial score (nSPS) is 17.3. The van der Waals surface area contributed by atoms with Gasteiger partial charge in [0.15, 0.2) is 5.82 Å². The third kappa shape index (κ3) is 8.49. The second-order valence-electron chi connectivity index (χ2n) is 8.65. The maximum atomic E-state index is 12.6. The number of hydrogen-bond acceptors (Lipinski definition) is 8. The summed E-state index contributed by atoms with van der Waals surface area (Å²) in [4.78, 5) is 42.0. The molecule has 1 aromatic rings. The van der Waals surface area contributed by atoms with Gasteiger partial charge < -0.3 is 14.8 Å². The van der Waals surface area contributed by atoms with E-state index in [0.717, 1.165) is 32.2 Å². The number of esters is 2. The van der Waals surface area contributed by atoms with Crippen LogP contribution in [0, 0.1) is 0 Å². The first kappa shape index (κ1) is 25.1. The molecular weight excluding hydrogens is 424 g/mol. The second-order valence-corrected chi connectivity index (χ2v) is 9.04. The highest BCUT2D eigenvalue weighted by Gasteiger charge is 2.26. The van der Waals surface area contributed by atoms with Gasteiger partial charge in [-0.3, -0.25) is 23.9 Å². The number of aromatic nitrogens is 2. The summed E-state index contributed by atoms with van der Waals surface area (Å²) in [5.41, 5.74) is -0.867. The van der Waals surface area contributed by atoms with Crippen LogP contribution in [0.3, 0.4) is 0 Å². The molecule has 0 bridgehead atoms. The molecule has 1 fully saturated rings. The van der Waals surface area contributed by atoms with Crippen LogP contribution in [0.15, 0.2) is 11.0 Å². The minimum atomic E-state index is -0.500. The molecule has 1 unspecified atom stereocenters. The highest BCUT2D eigenvalue weighted by Crippen LogP contribution is 2.20. The number of hydrogen-bond donors (Lipinski definition) is 1. The number of nitrogens with one attached hydrogen (secondary N) is 1. The summed E-state index contributed by atoms with van der Waals surface area (Å²) in [6, 6.07) is 0.229. The zero-order valence-corrected chi connectivity index (χ0v) is 19.5. The minimum absolute atomic E-state index is 0.0557. The Labute approximate surface area is 188 Å². The topological polar surface area (TPSA) is 103 Å². The lowest BCUT2D eigenvalue weighted by molar-refractivity contribution is -0.157. The summed E-state index contributed by atoms with van der Waals surface area (Å²) in [6.07, 6.45) is 5.32. The van der Waals surface area contributed by atoms with Gasteiger partial charge in [0.25, 0.3) is 5.56 Å². The van der Waals surface area contributed by atoms with E-state index in [9.17, 15) is 14.4 Å². The molecule has 174 valence electrons. The van der Waals surface area contributed by atoms with Crippen LogP contribution < -0.4 is 10.9 Å². The van der Waals surface area contributed by atoms with E-state index in [1.807, 2.05) is 20.8 Å². The van der Waals surface area contributed by atoms with Gasteiger partial charge in [-0.25, -0.2) is 4.98 Å². The molecule has 10 heteroatoms. The van der Waals surface area contributed by atoms with E-state index in [0.29, 0.717) is 6.54 Å². The third-order valence-electron chi connectivity index (χ3n) is 4.90. The van der Waals surface area contributed by atoms with E-state index in [1.54, 1.807) is 0 Å². The Hall–Kier alpha value is -2.13. The van der Waals surface area contributed by atoms with Crippen LogP contribution >= 0.6 is 11.6 Å². The molecular formula is C21H33ClN4O5. The summed E-state index contributed by atoms with van der Waals surface area (Å²) in [5, 5.41) is 3.26.